The number of aryl methyl sites for hydroxylation is 2. The second kappa shape index (κ2) is 21.2. The second-order valence-electron chi connectivity index (χ2n) is 17.6. The lowest BCUT2D eigenvalue weighted by Crippen LogP contribution is -2.41. The summed E-state index contributed by atoms with van der Waals surface area (Å²) in [7, 11) is -11.3. The molecule has 4 aliphatic rings. The number of aliphatic hydroxyl groups is 1. The van der Waals surface area contributed by atoms with E-state index < -0.39 is 77.0 Å². The molecular formula is C44H51N9O18P3S+. The number of aromatic nitrogens is 4. The van der Waals surface area contributed by atoms with Gasteiger partial charge in [-0.25, -0.2) is 32.6 Å². The number of H-pyrrole nitrogens is 1. The number of nitrogens with zero attached hydrogens (tertiary/aromatic N) is 5. The number of carbonyl (C=O) groups excluding carboxylic acids is 2. The van der Waals surface area contributed by atoms with Crippen molar-refractivity contribution in [2.24, 2.45) is 0 Å². The van der Waals surface area contributed by atoms with Crippen molar-refractivity contribution in [2.75, 3.05) is 56.5 Å². The largest absolute Gasteiger partial charge is 0.488 e. The van der Waals surface area contributed by atoms with Crippen molar-refractivity contribution in [3.63, 3.8) is 0 Å². The highest BCUT2D eigenvalue weighted by Crippen LogP contribution is 2.66. The number of carbonyl (C=O) groups is 3. The Labute approximate surface area is 429 Å². The number of anilines is 2. The third-order valence-corrected chi connectivity index (χ3v) is 17.3. The first-order valence-corrected chi connectivity index (χ1v) is 29.0. The average molecular weight is 1120 g/mol. The van der Waals surface area contributed by atoms with Gasteiger partial charge in [-0.1, -0.05) is 6.07 Å². The van der Waals surface area contributed by atoms with Crippen LogP contribution in [-0.2, 0) is 56.4 Å². The van der Waals surface area contributed by atoms with Gasteiger partial charge in [0.1, 0.15) is 36.8 Å². The van der Waals surface area contributed by atoms with Crippen LogP contribution < -0.4 is 46.7 Å². The number of phosphoric acid groups is 2. The maximum absolute atomic E-state index is 13.6. The highest BCUT2D eigenvalue weighted by Gasteiger charge is 2.50. The van der Waals surface area contributed by atoms with Gasteiger partial charge >= 0.3 is 34.4 Å². The molecule has 75 heavy (non-hydrogen) atoms. The van der Waals surface area contributed by atoms with Gasteiger partial charge in [0, 0.05) is 71.8 Å². The molecule has 1 fully saturated rings. The molecule has 1 saturated heterocycles. The molecule has 0 spiro atoms. The van der Waals surface area contributed by atoms with Crippen molar-refractivity contribution in [3.05, 3.63) is 103 Å². The summed E-state index contributed by atoms with van der Waals surface area (Å²) in [6.07, 6.45) is -3.59. The van der Waals surface area contributed by atoms with E-state index in [2.05, 4.69) is 81.5 Å². The lowest BCUT2D eigenvalue weighted by atomic mass is 9.86. The topological polar surface area (TPSA) is 382 Å². The highest BCUT2D eigenvalue weighted by atomic mass is 32.5. The number of alkyl carbamates (subject to hydrolysis) is 1. The second-order valence-corrected chi connectivity index (χ2v) is 23.5. The minimum atomic E-state index is -5.71. The first kappa shape index (κ1) is 53.9. The van der Waals surface area contributed by atoms with Gasteiger partial charge < -0.3 is 65.3 Å². The Morgan fingerprint density at radius 3 is 2.47 bits per heavy atom. The fraction of sp³-hybridized carbons (Fsp3) is 0.386. The number of hydrogen-bond acceptors (Lipinski definition) is 18. The molecule has 5 aromatic rings. The number of ether oxygens (including phenoxy) is 3. The third kappa shape index (κ3) is 11.4. The van der Waals surface area contributed by atoms with E-state index in [1.807, 2.05) is 12.1 Å². The van der Waals surface area contributed by atoms with Gasteiger partial charge in [0.05, 0.1) is 24.6 Å². The van der Waals surface area contributed by atoms with Crippen LogP contribution in [0.3, 0.4) is 0 Å². The van der Waals surface area contributed by atoms with Crippen molar-refractivity contribution in [1.82, 2.24) is 34.7 Å². The third-order valence-electron chi connectivity index (χ3n) is 12.9. The standard InChI is InChI=1S/C44H50N9O18P3S/c1-3-51-13-5-7-22-15-27-31(18-29(22)51)67-32-19-30-23(8-6-14-52(30)4-2)16-28(32)34(27)25-10-9-24(17-26(25)42(57)58)39(55)46-11-12-47-44(59)69-37-36(54)33(20-66-72(60,61)70-73(62,63)71-74(64,65)75)68-41(37)53-21-48-35-38(53)49-43(45)50-40(35)56/h9-10,15-19,21,33,36-37,41,54H,3-8,11-14,20H2,1-2H3,(H9-,45,46,47,49,50,55,56,57,58,59,60,61,62,63,64,65,75)/p+1/t33-,36-,37-,41-/m1/s1. The fourth-order valence-corrected chi connectivity index (χ4v) is 13.4. The maximum atomic E-state index is 13.6. The van der Waals surface area contributed by atoms with E-state index >= 15 is 0 Å². The molecular weight excluding hydrogens is 1070 g/mol. The minimum Gasteiger partial charge on any atom is -0.478 e. The van der Waals surface area contributed by atoms with E-state index in [-0.39, 0.29) is 41.3 Å². The number of rotatable bonds is 17. The number of nitrogens with two attached hydrogens (primary N) is 1. The number of benzene rings is 3. The highest BCUT2D eigenvalue weighted by molar-refractivity contribution is 8.08. The molecule has 0 saturated carbocycles. The lowest BCUT2D eigenvalue weighted by Gasteiger charge is -2.32. The van der Waals surface area contributed by atoms with E-state index in [4.69, 9.17) is 24.5 Å². The van der Waals surface area contributed by atoms with Gasteiger partial charge in [-0.2, -0.15) is 9.29 Å². The summed E-state index contributed by atoms with van der Waals surface area (Å²) >= 11 is 4.08. The first-order chi connectivity index (χ1) is 35.5. The Morgan fingerprint density at radius 2 is 1.73 bits per heavy atom. The number of nitrogens with one attached hydrogen (secondary N) is 3. The van der Waals surface area contributed by atoms with Gasteiger partial charge in [0.15, 0.2) is 23.5 Å². The molecule has 2 amide bonds. The van der Waals surface area contributed by atoms with Gasteiger partial charge in [-0.05, 0) is 80.3 Å². The molecule has 2 unspecified atom stereocenters. The van der Waals surface area contributed by atoms with Gasteiger partial charge in [-0.3, -0.25) is 23.7 Å². The Morgan fingerprint density at radius 1 is 0.973 bits per heavy atom. The molecule has 6 atom stereocenters. The minimum absolute atomic E-state index is 0.00628. The van der Waals surface area contributed by atoms with E-state index in [1.54, 1.807) is 6.07 Å². The Bertz CT molecular complexity index is 3500. The Kier molecular flexibility index (Phi) is 15.2. The molecule has 31 heteroatoms. The van der Waals surface area contributed by atoms with Gasteiger partial charge in [0.25, 0.3) is 11.5 Å². The van der Waals surface area contributed by atoms with Crippen LogP contribution in [-0.4, -0.2) is 131 Å². The van der Waals surface area contributed by atoms with E-state index in [0.29, 0.717) is 22.6 Å². The number of carboxylic acid groups (broad SMARTS) is 1. The number of hydrogen-bond donors (Lipinski definition) is 10. The van der Waals surface area contributed by atoms with E-state index in [9.17, 15) is 58.1 Å². The molecule has 3 aromatic carbocycles. The predicted molar refractivity (Wildman–Crippen MR) is 268 cm³/mol. The first-order valence-electron chi connectivity index (χ1n) is 23.4. The molecule has 2 aromatic heterocycles. The fourth-order valence-electron chi connectivity index (χ4n) is 9.64. The zero-order chi connectivity index (χ0) is 53.7. The zero-order valence-corrected chi connectivity index (χ0v) is 43.4. The SMILES string of the molecule is CCN1CCCc2cc3c(cc21)Oc1cc2c(cc1=C3c1ccc(C(=O)NCCNC(=O)O[C@@H]3[C@H](O)[C@@H](COP(=O)(O)OP(=O)(O)OP(O)(O)=S)O[C@H]3n3cnc4c(=O)[nH]c(N)nc43)cc1C(=O)O)CCC[N+]=2CC. The molecule has 9 rings (SSSR count). The van der Waals surface area contributed by atoms with Crippen molar-refractivity contribution in [1.29, 1.82) is 0 Å². The smallest absolute Gasteiger partial charge is 0.478 e. The molecule has 0 aliphatic carbocycles. The number of aromatic amines is 1. The van der Waals surface area contributed by atoms with Crippen LogP contribution in [0.25, 0.3) is 16.7 Å². The lowest BCUT2D eigenvalue weighted by molar-refractivity contribution is -0.0522. The quantitative estimate of drug-likeness (QED) is 0.0349. The summed E-state index contributed by atoms with van der Waals surface area (Å²) < 4.78 is 58.5. The van der Waals surface area contributed by atoms with Crippen LogP contribution in [0.4, 0.5) is 16.4 Å². The molecule has 27 nitrogen and oxygen atoms in total. The van der Waals surface area contributed by atoms with Crippen molar-refractivity contribution < 1.29 is 80.7 Å². The van der Waals surface area contributed by atoms with Crippen LogP contribution in [0.15, 0.2) is 53.6 Å². The molecule has 6 heterocycles. The number of fused-ring (bicyclic) bond motifs is 5. The number of carboxylic acids is 1. The van der Waals surface area contributed by atoms with Crippen LogP contribution in [0.2, 0.25) is 0 Å². The van der Waals surface area contributed by atoms with Crippen LogP contribution >= 0.6 is 22.4 Å². The van der Waals surface area contributed by atoms with Gasteiger partial charge in [0.2, 0.25) is 11.3 Å². The summed E-state index contributed by atoms with van der Waals surface area (Å²) in [4.78, 5) is 103. The van der Waals surface area contributed by atoms with E-state index in [0.717, 1.165) is 95.7 Å². The predicted octanol–water partition coefficient (Wildman–Crippen LogP) is 1.23. The number of phosphoric ester groups is 1. The molecule has 400 valence electrons. The van der Waals surface area contributed by atoms with Gasteiger partial charge in [-0.15, -0.1) is 0 Å². The molecule has 11 N–H and O–H groups in total. The maximum Gasteiger partial charge on any atom is 0.488 e. The summed E-state index contributed by atoms with van der Waals surface area (Å²) in [5, 5.41) is 28.9. The van der Waals surface area contributed by atoms with Crippen molar-refractivity contribution in [2.45, 2.75) is 64.1 Å². The molecule has 0 bridgehead atoms. The number of imidazole rings is 1. The summed E-state index contributed by atoms with van der Waals surface area (Å²) in [5.41, 5.74) is 9.46. The summed E-state index contributed by atoms with van der Waals surface area (Å²) in [6.45, 7) is 1.11. The molecule has 0 radical (unpaired) electrons. The normalized spacial score (nSPS) is 20.7. The van der Waals surface area contributed by atoms with Crippen molar-refractivity contribution in [3.8, 4) is 11.5 Å². The van der Waals surface area contributed by atoms with Crippen LogP contribution in [0.5, 0.6) is 11.5 Å². The summed E-state index contributed by atoms with van der Waals surface area (Å²) in [6, 6.07) is 12.7. The Balaban J connectivity index is 0.920. The monoisotopic (exact) mass is 1120 g/mol. The zero-order valence-electron chi connectivity index (χ0n) is 39.9. The number of amides is 2. The van der Waals surface area contributed by atoms with Crippen LogP contribution in [0.1, 0.15) is 75.9 Å². The summed E-state index contributed by atoms with van der Waals surface area (Å²) in [5.74, 6) is -1.12. The van der Waals surface area contributed by atoms with E-state index in [1.165, 1.54) is 12.1 Å². The number of aliphatic hydroxyl groups excluding tert-OH is 1. The molecule has 4 aliphatic heterocycles. The van der Waals surface area contributed by atoms with Crippen LogP contribution in [0, 0.1) is 0 Å². The number of nitrogen functional groups attached to an aromatic ring is 1. The number of aromatic carboxylic acids is 1. The Hall–Kier alpha value is -5.96. The average Bonchev–Trinajstić information content (AvgIpc) is 3.90. The van der Waals surface area contributed by atoms with Crippen molar-refractivity contribution >= 4 is 80.5 Å².